The Bertz CT molecular complexity index is 885. The summed E-state index contributed by atoms with van der Waals surface area (Å²) in [6.07, 6.45) is 0. The smallest absolute Gasteiger partial charge is 0.182 e. The molecule has 1 aromatic heterocycles. The summed E-state index contributed by atoms with van der Waals surface area (Å²) in [5.41, 5.74) is 3.61. The van der Waals surface area contributed by atoms with Crippen molar-refractivity contribution in [3.05, 3.63) is 54.5 Å². The van der Waals surface area contributed by atoms with E-state index in [0.717, 1.165) is 26.8 Å². The highest BCUT2D eigenvalue weighted by molar-refractivity contribution is 14.1. The molecule has 2 aromatic carbocycles. The lowest BCUT2D eigenvalue weighted by molar-refractivity contribution is 0.622. The minimum atomic E-state index is -0.243. The summed E-state index contributed by atoms with van der Waals surface area (Å²) in [5.74, 6) is -0.243. The summed E-state index contributed by atoms with van der Waals surface area (Å²) < 4.78 is 17.8. The second-order valence-electron chi connectivity index (χ2n) is 4.48. The molecule has 0 radical (unpaired) electrons. The Kier molecular flexibility index (Phi) is 3.72. The van der Waals surface area contributed by atoms with Gasteiger partial charge >= 0.3 is 0 Å². The predicted molar refractivity (Wildman–Crippen MR) is 93.6 cm³/mol. The molecule has 0 aliphatic carbocycles. The maximum atomic E-state index is 13.8. The Balaban J connectivity index is 2.35. The van der Waals surface area contributed by atoms with Gasteiger partial charge in [-0.3, -0.25) is 4.57 Å². The zero-order chi connectivity index (χ0) is 14.4. The fourth-order valence-electron chi connectivity index (χ4n) is 2.08. The number of nitrogens with zero attached hydrogens (tertiary/aromatic N) is 1. The maximum absolute atomic E-state index is 13.8. The van der Waals surface area contributed by atoms with Crippen molar-refractivity contribution in [3.8, 4) is 5.69 Å². The van der Waals surface area contributed by atoms with E-state index >= 15 is 0 Å². The van der Waals surface area contributed by atoms with Gasteiger partial charge in [0, 0.05) is 16.2 Å². The number of rotatable bonds is 1. The van der Waals surface area contributed by atoms with Crippen molar-refractivity contribution in [3.63, 3.8) is 0 Å². The van der Waals surface area contributed by atoms with Gasteiger partial charge in [-0.1, -0.05) is 22.0 Å². The van der Waals surface area contributed by atoms with E-state index in [9.17, 15) is 4.39 Å². The van der Waals surface area contributed by atoms with Crippen molar-refractivity contribution in [1.29, 1.82) is 0 Å². The standard InChI is InChI=1S/C14H9BrFIN2S/c1-7-2-3-8(4-9(7)15)19-13-5-10(16)11(17)6-12(13)18-14(19)20/h2-6H,1H3,(H,18,20). The molecule has 0 bridgehead atoms. The summed E-state index contributed by atoms with van der Waals surface area (Å²) in [5, 5.41) is 0. The summed E-state index contributed by atoms with van der Waals surface area (Å²) in [6, 6.07) is 9.23. The Labute approximate surface area is 142 Å². The summed E-state index contributed by atoms with van der Waals surface area (Å²) in [7, 11) is 0. The first-order valence-electron chi connectivity index (χ1n) is 5.83. The number of imidazole rings is 1. The molecule has 2 nitrogen and oxygen atoms in total. The van der Waals surface area contributed by atoms with Gasteiger partial charge in [0.15, 0.2) is 4.77 Å². The van der Waals surface area contributed by atoms with Crippen molar-refractivity contribution in [2.75, 3.05) is 0 Å². The van der Waals surface area contributed by atoms with Crippen molar-refractivity contribution in [2.45, 2.75) is 6.92 Å². The highest BCUT2D eigenvalue weighted by Crippen LogP contribution is 2.26. The van der Waals surface area contributed by atoms with Crippen LogP contribution in [-0.4, -0.2) is 9.55 Å². The monoisotopic (exact) mass is 462 g/mol. The van der Waals surface area contributed by atoms with Crippen LogP contribution in [0.3, 0.4) is 0 Å². The van der Waals surface area contributed by atoms with Crippen molar-refractivity contribution < 1.29 is 4.39 Å². The van der Waals surface area contributed by atoms with E-state index in [0.29, 0.717) is 8.34 Å². The zero-order valence-electron chi connectivity index (χ0n) is 10.4. The van der Waals surface area contributed by atoms with E-state index in [-0.39, 0.29) is 5.82 Å². The molecular weight excluding hydrogens is 454 g/mol. The van der Waals surface area contributed by atoms with Crippen molar-refractivity contribution >= 4 is 61.8 Å². The van der Waals surface area contributed by atoms with Gasteiger partial charge in [0.05, 0.1) is 14.6 Å². The van der Waals surface area contributed by atoms with Crippen LogP contribution in [0.15, 0.2) is 34.8 Å². The number of nitrogens with one attached hydrogen (secondary N) is 1. The van der Waals surface area contributed by atoms with Gasteiger partial charge in [0.1, 0.15) is 5.82 Å². The predicted octanol–water partition coefficient (Wildman–Crippen LogP) is 5.50. The maximum Gasteiger partial charge on any atom is 0.182 e. The second kappa shape index (κ2) is 5.23. The molecule has 6 heteroatoms. The van der Waals surface area contributed by atoms with Crippen LogP contribution in [0, 0.1) is 21.1 Å². The van der Waals surface area contributed by atoms with E-state index in [1.54, 1.807) is 6.07 Å². The molecule has 1 N–H and O–H groups in total. The van der Waals surface area contributed by atoms with Crippen LogP contribution in [-0.2, 0) is 0 Å². The molecular formula is C14H9BrFIN2S. The number of halogens is 3. The average Bonchev–Trinajstić information content (AvgIpc) is 2.69. The number of aromatic nitrogens is 2. The molecule has 3 rings (SSSR count). The van der Waals surface area contributed by atoms with Gasteiger partial charge in [-0.25, -0.2) is 4.39 Å². The second-order valence-corrected chi connectivity index (χ2v) is 6.89. The summed E-state index contributed by atoms with van der Waals surface area (Å²) >= 11 is 10.9. The van der Waals surface area contributed by atoms with E-state index < -0.39 is 0 Å². The number of H-pyrrole nitrogens is 1. The van der Waals surface area contributed by atoms with Crippen molar-refractivity contribution in [2.24, 2.45) is 0 Å². The van der Waals surface area contributed by atoms with E-state index in [1.807, 2.05) is 52.3 Å². The Morgan fingerprint density at radius 2 is 2.05 bits per heavy atom. The van der Waals surface area contributed by atoms with Gasteiger partial charge in [0.2, 0.25) is 0 Å². The first-order chi connectivity index (χ1) is 9.47. The molecule has 0 aliphatic rings. The largest absolute Gasteiger partial charge is 0.330 e. The van der Waals surface area contributed by atoms with Crippen LogP contribution >= 0.6 is 50.7 Å². The molecule has 20 heavy (non-hydrogen) atoms. The Hall–Kier alpha value is -0.730. The van der Waals surface area contributed by atoms with Crippen LogP contribution in [0.4, 0.5) is 4.39 Å². The molecule has 0 saturated heterocycles. The fourth-order valence-corrected chi connectivity index (χ4v) is 3.23. The number of hydrogen-bond donors (Lipinski definition) is 1. The van der Waals surface area contributed by atoms with Crippen LogP contribution in [0.5, 0.6) is 0 Å². The zero-order valence-corrected chi connectivity index (χ0v) is 14.9. The van der Waals surface area contributed by atoms with E-state index in [1.165, 1.54) is 6.07 Å². The first-order valence-corrected chi connectivity index (χ1v) is 8.11. The normalized spacial score (nSPS) is 11.2. The third kappa shape index (κ3) is 2.33. The number of benzene rings is 2. The van der Waals surface area contributed by atoms with Crippen LogP contribution in [0.25, 0.3) is 16.7 Å². The van der Waals surface area contributed by atoms with Crippen LogP contribution in [0.2, 0.25) is 0 Å². The molecule has 3 aromatic rings. The van der Waals surface area contributed by atoms with Gasteiger partial charge in [-0.15, -0.1) is 0 Å². The Morgan fingerprint density at radius 3 is 2.75 bits per heavy atom. The SMILES string of the molecule is Cc1ccc(-n2c(=S)[nH]c3cc(I)c(F)cc32)cc1Br. The highest BCUT2D eigenvalue weighted by atomic mass is 127. The number of hydrogen-bond acceptors (Lipinski definition) is 1. The summed E-state index contributed by atoms with van der Waals surface area (Å²) in [6.45, 7) is 2.02. The average molecular weight is 463 g/mol. The van der Waals surface area contributed by atoms with Gasteiger partial charge < -0.3 is 4.98 Å². The molecule has 102 valence electrons. The lowest BCUT2D eigenvalue weighted by atomic mass is 10.2. The minimum Gasteiger partial charge on any atom is -0.330 e. The van der Waals surface area contributed by atoms with E-state index in [4.69, 9.17) is 12.2 Å². The molecule has 0 aliphatic heterocycles. The van der Waals surface area contributed by atoms with Crippen LogP contribution in [0.1, 0.15) is 5.56 Å². The van der Waals surface area contributed by atoms with Gasteiger partial charge in [0.25, 0.3) is 0 Å². The lowest BCUT2D eigenvalue weighted by Gasteiger charge is -2.07. The number of aryl methyl sites for hydroxylation is 1. The van der Waals surface area contributed by atoms with Gasteiger partial charge in [-0.05, 0) is 65.5 Å². The molecule has 0 saturated carbocycles. The topological polar surface area (TPSA) is 20.7 Å². The van der Waals surface area contributed by atoms with Crippen molar-refractivity contribution in [1.82, 2.24) is 9.55 Å². The number of fused-ring (bicyclic) bond motifs is 1. The van der Waals surface area contributed by atoms with Crippen LogP contribution < -0.4 is 0 Å². The molecule has 0 fully saturated rings. The highest BCUT2D eigenvalue weighted by Gasteiger charge is 2.11. The summed E-state index contributed by atoms with van der Waals surface area (Å²) in [4.78, 5) is 3.12. The quantitative estimate of drug-likeness (QED) is 0.374. The van der Waals surface area contributed by atoms with Gasteiger partial charge in [-0.2, -0.15) is 0 Å². The molecule has 0 amide bonds. The first kappa shape index (κ1) is 14.2. The molecule has 0 spiro atoms. The third-order valence-electron chi connectivity index (χ3n) is 3.14. The van der Waals surface area contributed by atoms with E-state index in [2.05, 4.69) is 20.9 Å². The minimum absolute atomic E-state index is 0.243. The number of aromatic amines is 1. The lowest BCUT2D eigenvalue weighted by Crippen LogP contribution is -1.95. The molecule has 1 heterocycles. The Morgan fingerprint density at radius 1 is 1.30 bits per heavy atom. The third-order valence-corrected chi connectivity index (χ3v) is 5.10. The fraction of sp³-hybridized carbons (Fsp3) is 0.0714. The molecule has 0 unspecified atom stereocenters. The molecule has 0 atom stereocenters.